The molecule has 0 saturated carbocycles. The quantitative estimate of drug-likeness (QED) is 0.423. The molecule has 1 heterocycles. The number of carbonyl (C=O) groups is 2. The summed E-state index contributed by atoms with van der Waals surface area (Å²) in [6, 6.07) is 13.4. The van der Waals surface area contributed by atoms with E-state index in [1.54, 1.807) is 30.4 Å². The summed E-state index contributed by atoms with van der Waals surface area (Å²) in [7, 11) is 1.60. The lowest BCUT2D eigenvalue weighted by Crippen LogP contribution is -2.23. The summed E-state index contributed by atoms with van der Waals surface area (Å²) in [5, 5.41) is 0. The number of thiazole rings is 1. The molecule has 0 aliphatic carbocycles. The topological polar surface area (TPSA) is 69.9 Å². The maximum atomic E-state index is 12.6. The minimum Gasteiger partial charge on any atom is -0.497 e. The summed E-state index contributed by atoms with van der Waals surface area (Å²) in [6.45, 7) is 2.05. The van der Waals surface area contributed by atoms with Gasteiger partial charge in [0.05, 0.1) is 30.4 Å². The van der Waals surface area contributed by atoms with Crippen molar-refractivity contribution >= 4 is 45.2 Å². The normalized spacial score (nSPS) is 11.6. The van der Waals surface area contributed by atoms with Gasteiger partial charge in [-0.3, -0.25) is 9.59 Å². The van der Waals surface area contributed by atoms with Crippen LogP contribution >= 0.6 is 23.1 Å². The van der Waals surface area contributed by atoms with Crippen molar-refractivity contribution < 1.29 is 19.1 Å². The first-order valence-corrected chi connectivity index (χ1v) is 11.1. The molecule has 0 radical (unpaired) electrons. The lowest BCUT2D eigenvalue weighted by molar-refractivity contribution is -0.143. The number of methoxy groups -OCH3 is 1. The molecule has 0 N–H and O–H groups in total. The Morgan fingerprint density at radius 1 is 1.17 bits per heavy atom. The van der Waals surface area contributed by atoms with Gasteiger partial charge >= 0.3 is 5.97 Å². The van der Waals surface area contributed by atoms with Crippen LogP contribution in [0.25, 0.3) is 10.2 Å². The Morgan fingerprint density at radius 2 is 1.93 bits per heavy atom. The van der Waals surface area contributed by atoms with Gasteiger partial charge in [-0.2, -0.15) is 4.99 Å². The number of fused-ring (bicyclic) bond motifs is 1. The monoisotopic (exact) mass is 430 g/mol. The molecule has 0 fully saturated rings. The Kier molecular flexibility index (Phi) is 7.11. The van der Waals surface area contributed by atoms with Crippen LogP contribution in [0.4, 0.5) is 0 Å². The zero-order valence-electron chi connectivity index (χ0n) is 16.5. The van der Waals surface area contributed by atoms with E-state index in [0.29, 0.717) is 17.2 Å². The Balaban J connectivity index is 1.96. The Bertz CT molecular complexity index is 1080. The Morgan fingerprint density at radius 3 is 2.59 bits per heavy atom. The summed E-state index contributed by atoms with van der Waals surface area (Å²) in [5.41, 5.74) is 1.70. The van der Waals surface area contributed by atoms with E-state index in [1.165, 1.54) is 11.3 Å². The fourth-order valence-electron chi connectivity index (χ4n) is 2.82. The van der Waals surface area contributed by atoms with Crippen LogP contribution in [0.5, 0.6) is 5.75 Å². The van der Waals surface area contributed by atoms with E-state index >= 15 is 0 Å². The SMILES string of the molecule is CCOC(=O)Cn1c(=NC(=O)Cc2ccc(SC)cc2)sc2cc(OC)ccc21. The third-order valence-electron chi connectivity index (χ3n) is 4.22. The van der Waals surface area contributed by atoms with Gasteiger partial charge in [0.2, 0.25) is 0 Å². The van der Waals surface area contributed by atoms with Crippen LogP contribution in [0.3, 0.4) is 0 Å². The molecule has 0 aliphatic rings. The van der Waals surface area contributed by atoms with E-state index in [1.807, 2.05) is 48.7 Å². The maximum Gasteiger partial charge on any atom is 0.326 e. The van der Waals surface area contributed by atoms with Gasteiger partial charge in [0.15, 0.2) is 4.80 Å². The third-order valence-corrected chi connectivity index (χ3v) is 6.00. The predicted octanol–water partition coefficient (Wildman–Crippen LogP) is 3.67. The molecule has 6 nitrogen and oxygen atoms in total. The van der Waals surface area contributed by atoms with E-state index in [0.717, 1.165) is 20.7 Å². The van der Waals surface area contributed by atoms with Crippen LogP contribution in [0.15, 0.2) is 52.4 Å². The molecule has 8 heteroatoms. The van der Waals surface area contributed by atoms with Crippen LogP contribution in [0, 0.1) is 0 Å². The van der Waals surface area contributed by atoms with Crippen molar-refractivity contribution in [1.29, 1.82) is 0 Å². The smallest absolute Gasteiger partial charge is 0.326 e. The molecule has 3 aromatic rings. The third kappa shape index (κ3) is 5.27. The second kappa shape index (κ2) is 9.76. The van der Waals surface area contributed by atoms with Crippen LogP contribution in [-0.2, 0) is 27.3 Å². The standard InChI is InChI=1S/C21H22N2O4S2/c1-4-27-20(25)13-23-17-10-7-15(26-2)12-18(17)29-21(23)22-19(24)11-14-5-8-16(28-3)9-6-14/h5-10,12H,4,11,13H2,1-3H3. The predicted molar refractivity (Wildman–Crippen MR) is 115 cm³/mol. The van der Waals surface area contributed by atoms with Crippen LogP contribution < -0.4 is 9.54 Å². The highest BCUT2D eigenvalue weighted by Crippen LogP contribution is 2.23. The van der Waals surface area contributed by atoms with Crippen LogP contribution in [0.1, 0.15) is 12.5 Å². The average Bonchev–Trinajstić information content (AvgIpc) is 3.04. The summed E-state index contributed by atoms with van der Waals surface area (Å²) in [4.78, 5) is 30.6. The van der Waals surface area contributed by atoms with Gasteiger partial charge in [-0.25, -0.2) is 0 Å². The van der Waals surface area contributed by atoms with Crippen molar-refractivity contribution in [3.63, 3.8) is 0 Å². The molecule has 152 valence electrons. The molecule has 29 heavy (non-hydrogen) atoms. The zero-order valence-corrected chi connectivity index (χ0v) is 18.1. The fraction of sp³-hybridized carbons (Fsp3) is 0.286. The molecule has 0 bridgehead atoms. The second-order valence-electron chi connectivity index (χ2n) is 6.14. The highest BCUT2D eigenvalue weighted by atomic mass is 32.2. The number of nitrogens with zero attached hydrogens (tertiary/aromatic N) is 2. The van der Waals surface area contributed by atoms with Gasteiger partial charge in [-0.05, 0) is 49.1 Å². The molecule has 0 saturated heterocycles. The number of aromatic nitrogens is 1. The van der Waals surface area contributed by atoms with E-state index in [2.05, 4.69) is 4.99 Å². The lowest BCUT2D eigenvalue weighted by atomic mass is 10.1. The molecule has 0 aliphatic heterocycles. The maximum absolute atomic E-state index is 12.6. The zero-order chi connectivity index (χ0) is 20.8. The molecule has 1 amide bonds. The average molecular weight is 431 g/mol. The van der Waals surface area contributed by atoms with Gasteiger partial charge in [-0.1, -0.05) is 23.5 Å². The first-order valence-electron chi connectivity index (χ1n) is 9.07. The number of carbonyl (C=O) groups excluding carboxylic acids is 2. The van der Waals surface area contributed by atoms with Gasteiger partial charge in [0.25, 0.3) is 5.91 Å². The number of hydrogen-bond donors (Lipinski definition) is 0. The van der Waals surface area contributed by atoms with Crippen molar-refractivity contribution in [1.82, 2.24) is 4.57 Å². The molecular formula is C21H22N2O4S2. The van der Waals surface area contributed by atoms with Crippen molar-refractivity contribution in [2.75, 3.05) is 20.0 Å². The molecule has 0 spiro atoms. The van der Waals surface area contributed by atoms with Gasteiger partial charge in [0.1, 0.15) is 12.3 Å². The largest absolute Gasteiger partial charge is 0.497 e. The van der Waals surface area contributed by atoms with E-state index in [-0.39, 0.29) is 24.8 Å². The molecule has 0 unspecified atom stereocenters. The number of hydrogen-bond acceptors (Lipinski definition) is 6. The highest BCUT2D eigenvalue weighted by molar-refractivity contribution is 7.98. The molecule has 3 rings (SSSR count). The van der Waals surface area contributed by atoms with E-state index in [9.17, 15) is 9.59 Å². The van der Waals surface area contributed by atoms with Gasteiger partial charge in [0, 0.05) is 4.90 Å². The van der Waals surface area contributed by atoms with E-state index in [4.69, 9.17) is 9.47 Å². The van der Waals surface area contributed by atoms with Crippen molar-refractivity contribution in [2.45, 2.75) is 24.8 Å². The number of thioether (sulfide) groups is 1. The highest BCUT2D eigenvalue weighted by Gasteiger charge is 2.13. The fourth-order valence-corrected chi connectivity index (χ4v) is 4.30. The number of rotatable bonds is 7. The summed E-state index contributed by atoms with van der Waals surface area (Å²) in [6.07, 6.45) is 2.21. The number of ether oxygens (including phenoxy) is 2. The lowest BCUT2D eigenvalue weighted by Gasteiger charge is -2.05. The molecular weight excluding hydrogens is 408 g/mol. The first kappa shape index (κ1) is 21.1. The molecule has 2 aromatic carbocycles. The Labute approximate surface area is 177 Å². The van der Waals surface area contributed by atoms with Crippen molar-refractivity contribution in [3.8, 4) is 5.75 Å². The van der Waals surface area contributed by atoms with Crippen LogP contribution in [0.2, 0.25) is 0 Å². The molecule has 1 aromatic heterocycles. The second-order valence-corrected chi connectivity index (χ2v) is 8.03. The van der Waals surface area contributed by atoms with Crippen molar-refractivity contribution in [3.05, 3.63) is 52.8 Å². The number of benzene rings is 2. The first-order chi connectivity index (χ1) is 14.0. The minimum atomic E-state index is -0.371. The molecule has 0 atom stereocenters. The number of esters is 1. The summed E-state index contributed by atoms with van der Waals surface area (Å²) in [5.74, 6) is 0.0661. The number of amides is 1. The summed E-state index contributed by atoms with van der Waals surface area (Å²) < 4.78 is 12.9. The van der Waals surface area contributed by atoms with Crippen molar-refractivity contribution in [2.24, 2.45) is 4.99 Å². The van der Waals surface area contributed by atoms with E-state index < -0.39 is 0 Å². The van der Waals surface area contributed by atoms with Gasteiger partial charge in [-0.15, -0.1) is 11.8 Å². The Hall–Kier alpha value is -2.58. The minimum absolute atomic E-state index is 0.00526. The van der Waals surface area contributed by atoms with Gasteiger partial charge < -0.3 is 14.0 Å². The van der Waals surface area contributed by atoms with Crippen LogP contribution in [-0.4, -0.2) is 36.4 Å². The summed E-state index contributed by atoms with van der Waals surface area (Å²) >= 11 is 2.99.